The van der Waals surface area contributed by atoms with E-state index in [2.05, 4.69) is 40.5 Å². The quantitative estimate of drug-likeness (QED) is 0.800. The van der Waals surface area contributed by atoms with Crippen LogP contribution < -0.4 is 5.32 Å². The molecule has 2 fully saturated rings. The van der Waals surface area contributed by atoms with Crippen LogP contribution in [0, 0.1) is 11.8 Å². The third-order valence-corrected chi connectivity index (χ3v) is 5.66. The third kappa shape index (κ3) is 5.33. The minimum Gasteiger partial charge on any atom is -0.355 e. The van der Waals surface area contributed by atoms with Gasteiger partial charge < -0.3 is 5.32 Å². The van der Waals surface area contributed by atoms with Crippen LogP contribution in [0.2, 0.25) is 0 Å². The predicted molar refractivity (Wildman–Crippen MR) is 92.9 cm³/mol. The molecule has 1 aromatic rings. The van der Waals surface area contributed by atoms with E-state index in [1.165, 1.54) is 30.6 Å². The molecule has 0 radical (unpaired) electrons. The number of amides is 1. The lowest BCUT2D eigenvalue weighted by atomic mass is 10.1. The molecule has 1 heterocycles. The maximum Gasteiger partial charge on any atom is 0.230 e. The van der Waals surface area contributed by atoms with Gasteiger partial charge >= 0.3 is 0 Å². The summed E-state index contributed by atoms with van der Waals surface area (Å²) in [4.78, 5) is 14.3. The molecular formula is C18H26N2OS. The summed E-state index contributed by atoms with van der Waals surface area (Å²) in [5.41, 5.74) is 1.38. The van der Waals surface area contributed by atoms with Crippen LogP contribution in [0.15, 0.2) is 30.3 Å². The zero-order chi connectivity index (χ0) is 15.2. The second-order valence-electron chi connectivity index (χ2n) is 6.64. The first kappa shape index (κ1) is 15.9. The van der Waals surface area contributed by atoms with Gasteiger partial charge in [0.25, 0.3) is 0 Å². The molecule has 4 heteroatoms. The van der Waals surface area contributed by atoms with Crippen molar-refractivity contribution in [2.45, 2.75) is 25.8 Å². The molecule has 22 heavy (non-hydrogen) atoms. The highest BCUT2D eigenvalue weighted by atomic mass is 32.2. The number of thioether (sulfide) groups is 1. The van der Waals surface area contributed by atoms with E-state index in [9.17, 15) is 4.79 Å². The van der Waals surface area contributed by atoms with Crippen LogP contribution in [0.3, 0.4) is 0 Å². The van der Waals surface area contributed by atoms with E-state index in [0.29, 0.717) is 11.7 Å². The Kier molecular flexibility index (Phi) is 5.79. The molecule has 2 aliphatic rings. The van der Waals surface area contributed by atoms with Crippen molar-refractivity contribution >= 4 is 17.7 Å². The summed E-state index contributed by atoms with van der Waals surface area (Å²) in [6, 6.07) is 10.6. The fourth-order valence-electron chi connectivity index (χ4n) is 2.98. The monoisotopic (exact) mass is 318 g/mol. The summed E-state index contributed by atoms with van der Waals surface area (Å²) in [5.74, 6) is 3.53. The van der Waals surface area contributed by atoms with Gasteiger partial charge in [-0.2, -0.15) is 11.8 Å². The van der Waals surface area contributed by atoms with Crippen molar-refractivity contribution in [3.8, 4) is 0 Å². The number of nitrogens with zero attached hydrogens (tertiary/aromatic N) is 1. The zero-order valence-electron chi connectivity index (χ0n) is 13.2. The summed E-state index contributed by atoms with van der Waals surface area (Å²) in [6.45, 7) is 4.12. The van der Waals surface area contributed by atoms with Gasteiger partial charge in [0, 0.05) is 19.6 Å². The van der Waals surface area contributed by atoms with Crippen LogP contribution in [0.25, 0.3) is 0 Å². The molecule has 1 atom stereocenters. The zero-order valence-corrected chi connectivity index (χ0v) is 14.0. The molecule has 3 rings (SSSR count). The number of benzene rings is 1. The van der Waals surface area contributed by atoms with Crippen LogP contribution in [0.4, 0.5) is 0 Å². The summed E-state index contributed by atoms with van der Waals surface area (Å²) in [6.07, 6.45) is 3.93. The number of likely N-dealkylation sites (tertiary alicyclic amines) is 1. The van der Waals surface area contributed by atoms with Gasteiger partial charge in [0.05, 0.1) is 5.75 Å². The smallest absolute Gasteiger partial charge is 0.230 e. The second-order valence-corrected chi connectivity index (χ2v) is 7.67. The molecule has 0 aromatic heterocycles. The molecule has 1 aliphatic carbocycles. The largest absolute Gasteiger partial charge is 0.355 e. The fourth-order valence-corrected chi connectivity index (χ4v) is 4.05. The lowest BCUT2D eigenvalue weighted by Crippen LogP contribution is -2.32. The Morgan fingerprint density at radius 3 is 2.77 bits per heavy atom. The molecule has 1 aliphatic heterocycles. The first-order chi connectivity index (χ1) is 10.8. The van der Waals surface area contributed by atoms with E-state index in [4.69, 9.17) is 0 Å². The van der Waals surface area contributed by atoms with Crippen molar-refractivity contribution in [2.24, 2.45) is 11.8 Å². The molecular weight excluding hydrogens is 292 g/mol. The fraction of sp³-hybridized carbons (Fsp3) is 0.611. The minimum atomic E-state index is 0.215. The Bertz CT molecular complexity index is 475. The Hall–Kier alpha value is -1.00. The summed E-state index contributed by atoms with van der Waals surface area (Å²) < 4.78 is 0. The minimum absolute atomic E-state index is 0.215. The van der Waals surface area contributed by atoms with Gasteiger partial charge in [-0.05, 0) is 49.0 Å². The summed E-state index contributed by atoms with van der Waals surface area (Å²) >= 11 is 1.79. The highest BCUT2D eigenvalue weighted by molar-refractivity contribution is 7.99. The number of rotatable bonds is 8. The molecule has 0 bridgehead atoms. The topological polar surface area (TPSA) is 32.3 Å². The number of hydrogen-bond donors (Lipinski definition) is 1. The predicted octanol–water partition coefficient (Wildman–Crippen LogP) is 2.77. The lowest BCUT2D eigenvalue weighted by molar-refractivity contribution is -0.118. The van der Waals surface area contributed by atoms with Crippen molar-refractivity contribution in [3.05, 3.63) is 35.9 Å². The molecule has 1 amide bonds. The number of hydrogen-bond acceptors (Lipinski definition) is 3. The van der Waals surface area contributed by atoms with Crippen molar-refractivity contribution in [3.63, 3.8) is 0 Å². The average Bonchev–Trinajstić information content (AvgIpc) is 3.25. The van der Waals surface area contributed by atoms with Gasteiger partial charge in [-0.25, -0.2) is 0 Å². The summed E-state index contributed by atoms with van der Waals surface area (Å²) in [7, 11) is 0. The van der Waals surface area contributed by atoms with Gasteiger partial charge in [0.2, 0.25) is 5.91 Å². The van der Waals surface area contributed by atoms with Crippen molar-refractivity contribution < 1.29 is 4.79 Å². The molecule has 1 N–H and O–H groups in total. The number of nitrogens with one attached hydrogen (secondary N) is 1. The highest BCUT2D eigenvalue weighted by Crippen LogP contribution is 2.32. The molecule has 1 saturated heterocycles. The van der Waals surface area contributed by atoms with Crippen molar-refractivity contribution in [1.82, 2.24) is 10.2 Å². The molecule has 1 saturated carbocycles. The Balaban J connectivity index is 1.30. The normalized spacial score (nSPS) is 21.9. The van der Waals surface area contributed by atoms with Gasteiger partial charge in [-0.1, -0.05) is 30.3 Å². The van der Waals surface area contributed by atoms with Crippen LogP contribution in [0.1, 0.15) is 24.8 Å². The maximum absolute atomic E-state index is 11.8. The molecule has 120 valence electrons. The van der Waals surface area contributed by atoms with Crippen molar-refractivity contribution in [2.75, 3.05) is 31.1 Å². The first-order valence-corrected chi connectivity index (χ1v) is 9.56. The Morgan fingerprint density at radius 1 is 1.18 bits per heavy atom. The van der Waals surface area contributed by atoms with Gasteiger partial charge in [-0.15, -0.1) is 0 Å². The summed E-state index contributed by atoms with van der Waals surface area (Å²) in [5, 5.41) is 3.12. The third-order valence-electron chi connectivity index (χ3n) is 4.49. The van der Waals surface area contributed by atoms with Crippen molar-refractivity contribution in [1.29, 1.82) is 0 Å². The molecule has 1 aromatic carbocycles. The second kappa shape index (κ2) is 8.02. The number of carbonyl (C=O) groups is 1. The van der Waals surface area contributed by atoms with E-state index in [0.717, 1.165) is 32.1 Å². The number of carbonyl (C=O) groups excluding carboxylic acids is 1. The maximum atomic E-state index is 11.8. The standard InChI is InChI=1S/C18H26N2OS/c21-18(14-22-13-16-6-7-16)19-10-17-8-9-20(12-17)11-15-4-2-1-3-5-15/h1-5,16-17H,6-14H2,(H,19,21). The van der Waals surface area contributed by atoms with E-state index in [-0.39, 0.29) is 5.91 Å². The van der Waals surface area contributed by atoms with Crippen LogP contribution >= 0.6 is 11.8 Å². The lowest BCUT2D eigenvalue weighted by Gasteiger charge is -2.16. The van der Waals surface area contributed by atoms with Gasteiger partial charge in [0.1, 0.15) is 0 Å². The Labute approximate surface area is 137 Å². The molecule has 3 nitrogen and oxygen atoms in total. The van der Waals surface area contributed by atoms with Gasteiger partial charge in [0.15, 0.2) is 0 Å². The molecule has 1 unspecified atom stereocenters. The van der Waals surface area contributed by atoms with E-state index in [1.54, 1.807) is 11.8 Å². The average molecular weight is 318 g/mol. The molecule has 0 spiro atoms. The van der Waals surface area contributed by atoms with E-state index in [1.807, 2.05) is 0 Å². The van der Waals surface area contributed by atoms with E-state index >= 15 is 0 Å². The highest BCUT2D eigenvalue weighted by Gasteiger charge is 2.23. The SMILES string of the molecule is O=C(CSCC1CC1)NCC1CCN(Cc2ccccc2)C1. The van der Waals surface area contributed by atoms with Crippen LogP contribution in [0.5, 0.6) is 0 Å². The first-order valence-electron chi connectivity index (χ1n) is 8.40. The van der Waals surface area contributed by atoms with Gasteiger partial charge in [-0.3, -0.25) is 9.69 Å². The van der Waals surface area contributed by atoms with Crippen LogP contribution in [-0.2, 0) is 11.3 Å². The Morgan fingerprint density at radius 2 is 2.00 bits per heavy atom. The van der Waals surface area contributed by atoms with Crippen LogP contribution in [-0.4, -0.2) is 41.9 Å². The van der Waals surface area contributed by atoms with E-state index < -0.39 is 0 Å².